The van der Waals surface area contributed by atoms with Crippen molar-refractivity contribution in [3.8, 4) is 22.6 Å². The molecule has 1 heterocycles. The molecule has 102 valence electrons. The molecular weight excluding hydrogens is 268 g/mol. The van der Waals surface area contributed by atoms with Crippen LogP contribution in [-0.2, 0) is 0 Å². The molecule has 0 saturated carbocycles. The summed E-state index contributed by atoms with van der Waals surface area (Å²) in [6, 6.07) is 3.45. The minimum atomic E-state index is 0.0245. The number of nitrogens with two attached hydrogens (primary N) is 1. The minimum Gasteiger partial charge on any atom is -0.493 e. The van der Waals surface area contributed by atoms with Crippen LogP contribution in [0.4, 0.5) is 5.88 Å². The highest BCUT2D eigenvalue weighted by Gasteiger charge is 2.16. The van der Waals surface area contributed by atoms with Crippen molar-refractivity contribution in [3.63, 3.8) is 0 Å². The smallest absolute Gasteiger partial charge is 0.230 e. The van der Waals surface area contributed by atoms with E-state index in [1.807, 2.05) is 13.8 Å². The number of ether oxygens (including phenoxy) is 2. The van der Waals surface area contributed by atoms with Gasteiger partial charge in [-0.1, -0.05) is 16.8 Å². The average Bonchev–Trinajstić information content (AvgIpc) is 2.75. The zero-order valence-corrected chi connectivity index (χ0v) is 11.7. The SMILES string of the molecule is COc1cc(-c2cnoc2N)c(Cl)cc1OC(C)C. The van der Waals surface area contributed by atoms with Gasteiger partial charge in [0.25, 0.3) is 0 Å². The number of rotatable bonds is 4. The molecular formula is C13H15ClN2O3. The minimum absolute atomic E-state index is 0.0245. The Balaban J connectivity index is 2.50. The lowest BCUT2D eigenvalue weighted by molar-refractivity contribution is 0.230. The Labute approximate surface area is 116 Å². The van der Waals surface area contributed by atoms with Gasteiger partial charge in [0, 0.05) is 11.6 Å². The molecule has 19 heavy (non-hydrogen) atoms. The lowest BCUT2D eigenvalue weighted by Gasteiger charge is -2.15. The molecule has 0 atom stereocenters. The maximum atomic E-state index is 6.24. The van der Waals surface area contributed by atoms with Gasteiger partial charge in [-0.2, -0.15) is 0 Å². The van der Waals surface area contributed by atoms with Gasteiger partial charge in [-0.05, 0) is 19.9 Å². The van der Waals surface area contributed by atoms with Crippen LogP contribution >= 0.6 is 11.6 Å². The van der Waals surface area contributed by atoms with E-state index in [1.165, 1.54) is 6.20 Å². The molecule has 0 amide bonds. The van der Waals surface area contributed by atoms with E-state index in [0.29, 0.717) is 27.6 Å². The zero-order chi connectivity index (χ0) is 14.0. The molecule has 0 unspecified atom stereocenters. The van der Waals surface area contributed by atoms with Gasteiger partial charge >= 0.3 is 0 Å². The molecule has 1 aromatic carbocycles. The van der Waals surface area contributed by atoms with E-state index in [4.69, 9.17) is 31.3 Å². The standard InChI is InChI=1S/C13H15ClN2O3/c1-7(2)18-12-5-10(14)8(4-11(12)17-3)9-6-16-19-13(9)15/h4-7H,15H2,1-3H3. The Kier molecular flexibility index (Phi) is 3.85. The van der Waals surface area contributed by atoms with E-state index in [-0.39, 0.29) is 12.0 Å². The van der Waals surface area contributed by atoms with Gasteiger partial charge < -0.3 is 19.7 Å². The summed E-state index contributed by atoms with van der Waals surface area (Å²) in [5.41, 5.74) is 7.00. The Hall–Kier alpha value is -1.88. The lowest BCUT2D eigenvalue weighted by Crippen LogP contribution is -2.06. The van der Waals surface area contributed by atoms with Crippen LogP contribution in [0.5, 0.6) is 11.5 Å². The fraction of sp³-hybridized carbons (Fsp3) is 0.308. The van der Waals surface area contributed by atoms with E-state index in [9.17, 15) is 0 Å². The molecule has 2 rings (SSSR count). The summed E-state index contributed by atoms with van der Waals surface area (Å²) in [4.78, 5) is 0. The quantitative estimate of drug-likeness (QED) is 0.931. The van der Waals surface area contributed by atoms with Crippen molar-refractivity contribution in [2.24, 2.45) is 0 Å². The van der Waals surface area contributed by atoms with Gasteiger partial charge in [0.1, 0.15) is 0 Å². The summed E-state index contributed by atoms with van der Waals surface area (Å²) in [6.07, 6.45) is 1.54. The number of hydrogen-bond donors (Lipinski definition) is 1. The summed E-state index contributed by atoms with van der Waals surface area (Å²) in [5.74, 6) is 1.37. The molecule has 0 aliphatic carbocycles. The third-order valence-electron chi connectivity index (χ3n) is 2.50. The summed E-state index contributed by atoms with van der Waals surface area (Å²) in [6.45, 7) is 3.86. The summed E-state index contributed by atoms with van der Waals surface area (Å²) < 4.78 is 15.8. The third kappa shape index (κ3) is 2.76. The van der Waals surface area contributed by atoms with Crippen LogP contribution in [0.25, 0.3) is 11.1 Å². The molecule has 0 radical (unpaired) electrons. The maximum Gasteiger partial charge on any atom is 0.230 e. The Morgan fingerprint density at radius 1 is 1.26 bits per heavy atom. The average molecular weight is 283 g/mol. The van der Waals surface area contributed by atoms with Crippen LogP contribution in [0.15, 0.2) is 22.9 Å². The molecule has 0 aliphatic heterocycles. The van der Waals surface area contributed by atoms with Crippen molar-refractivity contribution in [2.75, 3.05) is 12.8 Å². The monoisotopic (exact) mass is 282 g/mol. The molecule has 0 bridgehead atoms. The Bertz CT molecular complexity index is 581. The van der Waals surface area contributed by atoms with Crippen molar-refractivity contribution in [3.05, 3.63) is 23.4 Å². The predicted octanol–water partition coefficient (Wildman–Crippen LogP) is 3.37. The molecule has 1 aromatic heterocycles. The van der Waals surface area contributed by atoms with Gasteiger partial charge in [0.15, 0.2) is 11.5 Å². The normalized spacial score (nSPS) is 10.8. The first-order chi connectivity index (χ1) is 9.02. The van der Waals surface area contributed by atoms with Crippen molar-refractivity contribution in [1.29, 1.82) is 0 Å². The van der Waals surface area contributed by atoms with Gasteiger partial charge in [-0.3, -0.25) is 0 Å². The summed E-state index contributed by atoms with van der Waals surface area (Å²) in [7, 11) is 1.57. The molecule has 0 aliphatic rings. The van der Waals surface area contributed by atoms with Crippen molar-refractivity contribution < 1.29 is 14.0 Å². The second kappa shape index (κ2) is 5.40. The molecule has 5 nitrogen and oxygen atoms in total. The van der Waals surface area contributed by atoms with E-state index < -0.39 is 0 Å². The van der Waals surface area contributed by atoms with E-state index in [1.54, 1.807) is 19.2 Å². The van der Waals surface area contributed by atoms with Crippen LogP contribution in [0.3, 0.4) is 0 Å². The van der Waals surface area contributed by atoms with Gasteiger partial charge in [-0.15, -0.1) is 0 Å². The van der Waals surface area contributed by atoms with Crippen LogP contribution < -0.4 is 15.2 Å². The molecule has 6 heteroatoms. The third-order valence-corrected chi connectivity index (χ3v) is 2.82. The van der Waals surface area contributed by atoms with Crippen LogP contribution in [0.1, 0.15) is 13.8 Å². The largest absolute Gasteiger partial charge is 0.493 e. The van der Waals surface area contributed by atoms with Gasteiger partial charge in [0.2, 0.25) is 5.88 Å². The van der Waals surface area contributed by atoms with Crippen LogP contribution in [0, 0.1) is 0 Å². The molecule has 2 aromatic rings. The fourth-order valence-corrected chi connectivity index (χ4v) is 1.95. The summed E-state index contributed by atoms with van der Waals surface area (Å²) >= 11 is 6.24. The predicted molar refractivity (Wildman–Crippen MR) is 73.7 cm³/mol. The van der Waals surface area contributed by atoms with Gasteiger partial charge in [0.05, 0.1) is 30.0 Å². The van der Waals surface area contributed by atoms with Crippen molar-refractivity contribution in [1.82, 2.24) is 5.16 Å². The maximum absolute atomic E-state index is 6.24. The first-order valence-electron chi connectivity index (χ1n) is 5.77. The second-order valence-electron chi connectivity index (χ2n) is 4.25. The highest BCUT2D eigenvalue weighted by Crippen LogP contribution is 2.40. The highest BCUT2D eigenvalue weighted by atomic mass is 35.5. The lowest BCUT2D eigenvalue weighted by atomic mass is 10.1. The Morgan fingerprint density at radius 2 is 2.00 bits per heavy atom. The molecule has 0 fully saturated rings. The van der Waals surface area contributed by atoms with Crippen molar-refractivity contribution >= 4 is 17.5 Å². The first kappa shape index (κ1) is 13.5. The second-order valence-corrected chi connectivity index (χ2v) is 4.66. The topological polar surface area (TPSA) is 70.5 Å². The zero-order valence-electron chi connectivity index (χ0n) is 10.9. The number of halogens is 1. The molecule has 2 N–H and O–H groups in total. The number of anilines is 1. The summed E-state index contributed by atoms with van der Waals surface area (Å²) in [5, 5.41) is 4.13. The Morgan fingerprint density at radius 3 is 2.53 bits per heavy atom. The molecule has 0 spiro atoms. The van der Waals surface area contributed by atoms with E-state index >= 15 is 0 Å². The number of methoxy groups -OCH3 is 1. The number of benzene rings is 1. The van der Waals surface area contributed by atoms with E-state index in [0.717, 1.165) is 0 Å². The van der Waals surface area contributed by atoms with E-state index in [2.05, 4.69) is 5.16 Å². The number of aromatic nitrogens is 1. The number of nitrogen functional groups attached to an aromatic ring is 1. The van der Waals surface area contributed by atoms with Gasteiger partial charge in [-0.25, -0.2) is 0 Å². The van der Waals surface area contributed by atoms with Crippen molar-refractivity contribution in [2.45, 2.75) is 20.0 Å². The van der Waals surface area contributed by atoms with Crippen LogP contribution in [0.2, 0.25) is 5.02 Å². The number of nitrogens with zero attached hydrogens (tertiary/aromatic N) is 1. The number of hydrogen-bond acceptors (Lipinski definition) is 5. The first-order valence-corrected chi connectivity index (χ1v) is 6.15. The highest BCUT2D eigenvalue weighted by molar-refractivity contribution is 6.33. The molecule has 0 saturated heterocycles. The fourth-order valence-electron chi connectivity index (χ4n) is 1.70. The van der Waals surface area contributed by atoms with Crippen LogP contribution in [-0.4, -0.2) is 18.4 Å².